The molecule has 3 atom stereocenters. The van der Waals surface area contributed by atoms with E-state index in [1.807, 2.05) is 0 Å². The molecule has 17 heavy (non-hydrogen) atoms. The molecule has 1 saturated heterocycles. The summed E-state index contributed by atoms with van der Waals surface area (Å²) in [6.07, 6.45) is 2.71. The van der Waals surface area contributed by atoms with Crippen LogP contribution in [0, 0.1) is 17.8 Å². The van der Waals surface area contributed by atoms with Gasteiger partial charge in [-0.25, -0.2) is 0 Å². The zero-order valence-electron chi connectivity index (χ0n) is 12.5. The Hall–Kier alpha value is -0.0800. The fourth-order valence-corrected chi connectivity index (χ4v) is 2.70. The molecule has 0 amide bonds. The van der Waals surface area contributed by atoms with Crippen LogP contribution < -0.4 is 5.32 Å². The van der Waals surface area contributed by atoms with Crippen molar-refractivity contribution in [2.75, 3.05) is 26.2 Å². The second kappa shape index (κ2) is 7.38. The van der Waals surface area contributed by atoms with Crippen molar-refractivity contribution in [3.8, 4) is 0 Å². The van der Waals surface area contributed by atoms with E-state index in [4.69, 9.17) is 0 Å². The quantitative estimate of drug-likeness (QED) is 0.812. The van der Waals surface area contributed by atoms with E-state index in [0.29, 0.717) is 0 Å². The van der Waals surface area contributed by atoms with Crippen LogP contribution in [-0.4, -0.2) is 37.1 Å². The molecule has 1 fully saturated rings. The Balaban J connectivity index is 2.45. The molecule has 0 aromatic carbocycles. The Morgan fingerprint density at radius 3 is 2.00 bits per heavy atom. The van der Waals surface area contributed by atoms with Crippen LogP contribution in [0.2, 0.25) is 0 Å². The molecule has 0 bridgehead atoms. The van der Waals surface area contributed by atoms with Gasteiger partial charge in [-0.2, -0.15) is 0 Å². The van der Waals surface area contributed by atoms with Crippen molar-refractivity contribution in [1.29, 1.82) is 0 Å². The largest absolute Gasteiger partial charge is 0.316 e. The Labute approximate surface area is 108 Å². The highest BCUT2D eigenvalue weighted by Gasteiger charge is 2.21. The van der Waals surface area contributed by atoms with Crippen molar-refractivity contribution < 1.29 is 0 Å². The fourth-order valence-electron chi connectivity index (χ4n) is 2.70. The summed E-state index contributed by atoms with van der Waals surface area (Å²) in [5.41, 5.74) is 0. The maximum Gasteiger partial charge on any atom is 0.00672 e. The van der Waals surface area contributed by atoms with Crippen LogP contribution in [0.25, 0.3) is 0 Å². The maximum absolute atomic E-state index is 3.57. The Morgan fingerprint density at radius 2 is 1.53 bits per heavy atom. The van der Waals surface area contributed by atoms with Crippen LogP contribution in [0.1, 0.15) is 47.5 Å². The van der Waals surface area contributed by atoms with E-state index in [2.05, 4.69) is 44.8 Å². The van der Waals surface area contributed by atoms with Gasteiger partial charge in [0.25, 0.3) is 0 Å². The minimum Gasteiger partial charge on any atom is -0.316 e. The normalized spacial score (nSPS) is 30.0. The highest BCUT2D eigenvalue weighted by molar-refractivity contribution is 4.77. The van der Waals surface area contributed by atoms with Gasteiger partial charge in [0.05, 0.1) is 0 Å². The highest BCUT2D eigenvalue weighted by atomic mass is 15.2. The molecule has 0 radical (unpaired) electrons. The van der Waals surface area contributed by atoms with Crippen LogP contribution in [0.4, 0.5) is 0 Å². The summed E-state index contributed by atoms with van der Waals surface area (Å²) in [5.74, 6) is 2.40. The molecule has 102 valence electrons. The van der Waals surface area contributed by atoms with Gasteiger partial charge in [0.1, 0.15) is 0 Å². The van der Waals surface area contributed by atoms with Crippen LogP contribution in [0.15, 0.2) is 0 Å². The second-order valence-corrected chi connectivity index (χ2v) is 6.64. The van der Waals surface area contributed by atoms with Crippen molar-refractivity contribution in [2.45, 2.75) is 53.5 Å². The van der Waals surface area contributed by atoms with Crippen LogP contribution in [0.5, 0.6) is 0 Å². The first-order chi connectivity index (χ1) is 7.99. The maximum atomic E-state index is 3.57. The third-order valence-corrected chi connectivity index (χ3v) is 3.86. The van der Waals surface area contributed by atoms with E-state index in [-0.39, 0.29) is 0 Å². The van der Waals surface area contributed by atoms with E-state index < -0.39 is 0 Å². The smallest absolute Gasteiger partial charge is 0.00672 e. The summed E-state index contributed by atoms with van der Waals surface area (Å²) in [6.45, 7) is 16.7. The number of hydrogen-bond acceptors (Lipinski definition) is 2. The van der Waals surface area contributed by atoms with Crippen LogP contribution in [0.3, 0.4) is 0 Å². The Bertz CT molecular complexity index is 191. The summed E-state index contributed by atoms with van der Waals surface area (Å²) in [4.78, 5) is 2.72. The van der Waals surface area contributed by atoms with Gasteiger partial charge in [-0.1, -0.05) is 27.7 Å². The molecular weight excluding hydrogens is 208 g/mol. The molecule has 2 nitrogen and oxygen atoms in total. The van der Waals surface area contributed by atoms with Gasteiger partial charge in [0.2, 0.25) is 0 Å². The van der Waals surface area contributed by atoms with Gasteiger partial charge < -0.3 is 10.2 Å². The van der Waals surface area contributed by atoms with Crippen molar-refractivity contribution in [1.82, 2.24) is 10.2 Å². The second-order valence-electron chi connectivity index (χ2n) is 6.64. The number of nitrogens with one attached hydrogen (secondary N) is 1. The summed E-state index contributed by atoms with van der Waals surface area (Å²) in [6, 6.07) is 0.750. The standard InChI is InChI=1S/C15H32N2/c1-12(2)6-7-15(5)17-10-13(3)8-16-9-14(4)11-17/h12-16H,6-11H2,1-5H3. The van der Waals surface area contributed by atoms with Gasteiger partial charge in [0.15, 0.2) is 0 Å². The van der Waals surface area contributed by atoms with E-state index >= 15 is 0 Å². The number of rotatable bonds is 4. The average molecular weight is 240 g/mol. The van der Waals surface area contributed by atoms with Gasteiger partial charge in [-0.15, -0.1) is 0 Å². The summed E-state index contributed by atoms with van der Waals surface area (Å²) in [7, 11) is 0. The van der Waals surface area contributed by atoms with Crippen molar-refractivity contribution >= 4 is 0 Å². The molecule has 1 heterocycles. The van der Waals surface area contributed by atoms with Crippen LogP contribution in [-0.2, 0) is 0 Å². The molecule has 0 spiro atoms. The summed E-state index contributed by atoms with van der Waals surface area (Å²) >= 11 is 0. The van der Waals surface area contributed by atoms with Crippen molar-refractivity contribution in [3.63, 3.8) is 0 Å². The van der Waals surface area contributed by atoms with Gasteiger partial charge in [0, 0.05) is 19.1 Å². The number of hydrogen-bond donors (Lipinski definition) is 1. The minimum atomic E-state index is 0.750. The topological polar surface area (TPSA) is 15.3 Å². The highest BCUT2D eigenvalue weighted by Crippen LogP contribution is 2.16. The molecule has 0 aliphatic carbocycles. The monoisotopic (exact) mass is 240 g/mol. The van der Waals surface area contributed by atoms with Gasteiger partial charge in [-0.3, -0.25) is 0 Å². The molecule has 3 unspecified atom stereocenters. The molecule has 0 aromatic heterocycles. The minimum absolute atomic E-state index is 0.750. The van der Waals surface area contributed by atoms with Crippen LogP contribution >= 0.6 is 0 Å². The van der Waals surface area contributed by atoms with Gasteiger partial charge in [-0.05, 0) is 50.6 Å². The lowest BCUT2D eigenvalue weighted by molar-refractivity contribution is 0.132. The van der Waals surface area contributed by atoms with E-state index in [0.717, 1.165) is 23.8 Å². The average Bonchev–Trinajstić information content (AvgIpc) is 2.22. The molecule has 1 aliphatic heterocycles. The molecule has 0 aromatic rings. The van der Waals surface area contributed by atoms with Crippen molar-refractivity contribution in [2.24, 2.45) is 17.8 Å². The molecule has 2 heteroatoms. The zero-order valence-corrected chi connectivity index (χ0v) is 12.5. The predicted octanol–water partition coefficient (Wildman–Crippen LogP) is 2.99. The molecule has 1 N–H and O–H groups in total. The van der Waals surface area contributed by atoms with E-state index in [1.165, 1.54) is 39.0 Å². The van der Waals surface area contributed by atoms with E-state index in [1.54, 1.807) is 0 Å². The molecule has 1 rings (SSSR count). The van der Waals surface area contributed by atoms with Gasteiger partial charge >= 0.3 is 0 Å². The number of nitrogens with zero attached hydrogens (tertiary/aromatic N) is 1. The Kier molecular flexibility index (Phi) is 6.50. The Morgan fingerprint density at radius 1 is 1.00 bits per heavy atom. The SMILES string of the molecule is CC(C)CCC(C)N1CC(C)CNCC(C)C1. The lowest BCUT2D eigenvalue weighted by Crippen LogP contribution is -2.46. The summed E-state index contributed by atoms with van der Waals surface area (Å²) < 4.78 is 0. The third-order valence-electron chi connectivity index (χ3n) is 3.86. The molecular formula is C15H32N2. The predicted molar refractivity (Wildman–Crippen MR) is 76.3 cm³/mol. The molecule has 0 saturated carbocycles. The lowest BCUT2D eigenvalue weighted by Gasteiger charge is -2.36. The first-order valence-corrected chi connectivity index (χ1v) is 7.43. The van der Waals surface area contributed by atoms with Crippen molar-refractivity contribution in [3.05, 3.63) is 0 Å². The lowest BCUT2D eigenvalue weighted by atomic mass is 9.99. The first-order valence-electron chi connectivity index (χ1n) is 7.43. The summed E-state index contributed by atoms with van der Waals surface area (Å²) in [5, 5.41) is 3.57. The molecule has 1 aliphatic rings. The van der Waals surface area contributed by atoms with E-state index in [9.17, 15) is 0 Å². The first kappa shape index (κ1) is 15.0. The zero-order chi connectivity index (χ0) is 12.8. The fraction of sp³-hybridized carbons (Fsp3) is 1.00. The third kappa shape index (κ3) is 5.87.